The lowest BCUT2D eigenvalue weighted by Gasteiger charge is -2.19. The predicted molar refractivity (Wildman–Crippen MR) is 105 cm³/mol. The number of aliphatic hydroxyl groups excluding tert-OH is 1. The van der Waals surface area contributed by atoms with E-state index < -0.39 is 6.10 Å². The van der Waals surface area contributed by atoms with E-state index in [4.69, 9.17) is 14.2 Å². The molecule has 0 aliphatic heterocycles. The largest absolute Gasteiger partial charge is 0.496 e. The first-order valence-electron chi connectivity index (χ1n) is 8.61. The molecular weight excluding hydrogens is 358 g/mol. The summed E-state index contributed by atoms with van der Waals surface area (Å²) >= 11 is 0. The van der Waals surface area contributed by atoms with Gasteiger partial charge >= 0.3 is 0 Å². The van der Waals surface area contributed by atoms with Gasteiger partial charge in [-0.2, -0.15) is 0 Å². The lowest BCUT2D eigenvalue weighted by Crippen LogP contribution is -2.35. The molecule has 7 heteroatoms. The molecule has 0 bridgehead atoms. The van der Waals surface area contributed by atoms with Crippen LogP contribution in [0.15, 0.2) is 12.1 Å². The minimum Gasteiger partial charge on any atom is -0.496 e. The summed E-state index contributed by atoms with van der Waals surface area (Å²) < 4.78 is 16.4. The number of nitrogens with one attached hydrogen (secondary N) is 1. The molecule has 0 aliphatic carbocycles. The summed E-state index contributed by atoms with van der Waals surface area (Å²) in [7, 11) is 3.04. The Hall–Kier alpha value is -1.50. The van der Waals surface area contributed by atoms with E-state index in [1.165, 1.54) is 14.2 Å². The van der Waals surface area contributed by atoms with Crippen LogP contribution in [0.5, 0.6) is 17.2 Å². The van der Waals surface area contributed by atoms with Crippen molar-refractivity contribution in [1.29, 1.82) is 0 Å². The zero-order valence-corrected chi connectivity index (χ0v) is 17.3. The van der Waals surface area contributed by atoms with Gasteiger partial charge in [-0.25, -0.2) is 0 Å². The van der Waals surface area contributed by atoms with Gasteiger partial charge in [0, 0.05) is 31.1 Å². The Balaban J connectivity index is 0.00000625. The van der Waals surface area contributed by atoms with Gasteiger partial charge in [-0.3, -0.25) is 4.79 Å². The summed E-state index contributed by atoms with van der Waals surface area (Å²) in [6.45, 7) is 8.45. The maximum absolute atomic E-state index is 12.6. The highest BCUT2D eigenvalue weighted by atomic mass is 35.5. The molecule has 150 valence electrons. The van der Waals surface area contributed by atoms with Gasteiger partial charge in [0.2, 0.25) is 0 Å². The second kappa shape index (κ2) is 12.0. The van der Waals surface area contributed by atoms with Crippen molar-refractivity contribution in [1.82, 2.24) is 5.32 Å². The zero-order valence-electron chi connectivity index (χ0n) is 16.5. The van der Waals surface area contributed by atoms with E-state index in [0.717, 1.165) is 0 Å². The molecular formula is C19H32ClNO5. The monoisotopic (exact) mass is 389 g/mol. The van der Waals surface area contributed by atoms with Gasteiger partial charge in [-0.05, 0) is 5.92 Å². The SMILES string of the molecule is COc1cc(OC)c(C(=O)CC(C)C)c(OC[C@H](O)CNC(C)C)c1.Cl. The first-order valence-corrected chi connectivity index (χ1v) is 8.61. The minimum atomic E-state index is -0.687. The third kappa shape index (κ3) is 7.81. The molecule has 1 aromatic carbocycles. The van der Waals surface area contributed by atoms with Crippen molar-refractivity contribution >= 4 is 18.2 Å². The van der Waals surface area contributed by atoms with Crippen molar-refractivity contribution in [2.75, 3.05) is 27.4 Å². The van der Waals surface area contributed by atoms with Crippen LogP contribution in [-0.2, 0) is 0 Å². The van der Waals surface area contributed by atoms with E-state index in [-0.39, 0.29) is 36.8 Å². The normalized spacial score (nSPS) is 11.9. The summed E-state index contributed by atoms with van der Waals surface area (Å²) in [5.41, 5.74) is 0.390. The second-order valence-corrected chi connectivity index (χ2v) is 6.75. The molecule has 0 aromatic heterocycles. The van der Waals surface area contributed by atoms with Gasteiger partial charge in [0.25, 0.3) is 0 Å². The standard InChI is InChI=1S/C19H31NO5.ClH/c1-12(2)7-16(22)19-17(24-6)8-15(23-5)9-18(19)25-11-14(21)10-20-13(3)4;/h8-9,12-14,20-21H,7,10-11H2,1-6H3;1H/t14-;/m1./s1. The maximum atomic E-state index is 12.6. The average Bonchev–Trinajstić information content (AvgIpc) is 2.56. The van der Waals surface area contributed by atoms with E-state index in [2.05, 4.69) is 5.32 Å². The number of Topliss-reactive ketones (excluding diaryl/α,β-unsaturated/α-hetero) is 1. The van der Waals surface area contributed by atoms with Crippen molar-refractivity contribution in [3.63, 3.8) is 0 Å². The fraction of sp³-hybridized carbons (Fsp3) is 0.632. The number of methoxy groups -OCH3 is 2. The molecule has 26 heavy (non-hydrogen) atoms. The highest BCUT2D eigenvalue weighted by Crippen LogP contribution is 2.35. The Labute approximate surface area is 162 Å². The third-order valence-corrected chi connectivity index (χ3v) is 3.56. The number of ketones is 1. The summed E-state index contributed by atoms with van der Waals surface area (Å²) in [6.07, 6.45) is -0.302. The number of benzene rings is 1. The number of rotatable bonds is 11. The summed E-state index contributed by atoms with van der Waals surface area (Å²) in [6, 6.07) is 3.59. The molecule has 0 radical (unpaired) electrons. The Morgan fingerprint density at radius 3 is 2.23 bits per heavy atom. The number of halogens is 1. The number of carbonyl (C=O) groups excluding carboxylic acids is 1. The van der Waals surface area contributed by atoms with Crippen molar-refractivity contribution < 1.29 is 24.1 Å². The smallest absolute Gasteiger partial charge is 0.170 e. The summed E-state index contributed by atoms with van der Waals surface area (Å²) in [5, 5.41) is 13.2. The summed E-state index contributed by atoms with van der Waals surface area (Å²) in [5.74, 6) is 1.47. The minimum absolute atomic E-state index is 0. The fourth-order valence-electron chi connectivity index (χ4n) is 2.32. The van der Waals surface area contributed by atoms with Crippen molar-refractivity contribution in [3.8, 4) is 17.2 Å². The number of ether oxygens (including phenoxy) is 3. The van der Waals surface area contributed by atoms with Crippen molar-refractivity contribution in [3.05, 3.63) is 17.7 Å². The molecule has 0 unspecified atom stereocenters. The van der Waals surface area contributed by atoms with Crippen LogP contribution < -0.4 is 19.5 Å². The fourth-order valence-corrected chi connectivity index (χ4v) is 2.32. The Kier molecular flexibility index (Phi) is 11.3. The molecule has 0 fully saturated rings. The molecule has 1 aromatic rings. The molecule has 2 N–H and O–H groups in total. The van der Waals surface area contributed by atoms with Gasteiger partial charge in [-0.1, -0.05) is 27.7 Å². The molecule has 0 heterocycles. The topological polar surface area (TPSA) is 77.0 Å². The van der Waals surface area contributed by atoms with Crippen molar-refractivity contribution in [2.45, 2.75) is 46.3 Å². The number of hydrogen-bond donors (Lipinski definition) is 2. The van der Waals surface area contributed by atoms with Gasteiger partial charge in [-0.15, -0.1) is 12.4 Å². The molecule has 6 nitrogen and oxygen atoms in total. The van der Waals surface area contributed by atoms with E-state index >= 15 is 0 Å². The molecule has 1 rings (SSSR count). The number of carbonyl (C=O) groups is 1. The molecule has 0 saturated carbocycles. The van der Waals surface area contributed by atoms with E-state index in [9.17, 15) is 9.90 Å². The van der Waals surface area contributed by atoms with Crippen molar-refractivity contribution in [2.24, 2.45) is 5.92 Å². The Morgan fingerprint density at radius 1 is 1.12 bits per heavy atom. The van der Waals surface area contributed by atoms with Crippen LogP contribution in [0, 0.1) is 5.92 Å². The second-order valence-electron chi connectivity index (χ2n) is 6.75. The van der Waals surface area contributed by atoms with Crippen LogP contribution in [0.2, 0.25) is 0 Å². The van der Waals surface area contributed by atoms with Crippen LogP contribution in [-0.4, -0.2) is 50.4 Å². The highest BCUT2D eigenvalue weighted by Gasteiger charge is 2.22. The molecule has 0 saturated heterocycles. The van der Waals surface area contributed by atoms with Crippen LogP contribution in [0.25, 0.3) is 0 Å². The lowest BCUT2D eigenvalue weighted by molar-refractivity contribution is 0.0929. The number of aliphatic hydroxyl groups is 1. The quantitative estimate of drug-likeness (QED) is 0.566. The first-order chi connectivity index (χ1) is 11.8. The summed E-state index contributed by atoms with van der Waals surface area (Å²) in [4.78, 5) is 12.6. The van der Waals surface area contributed by atoms with Gasteiger partial charge in [0.1, 0.15) is 35.5 Å². The molecule has 0 aliphatic rings. The van der Waals surface area contributed by atoms with E-state index in [1.54, 1.807) is 12.1 Å². The van der Waals surface area contributed by atoms with Crippen LogP contribution in [0.1, 0.15) is 44.5 Å². The average molecular weight is 390 g/mol. The molecule has 0 spiro atoms. The first kappa shape index (κ1) is 24.5. The third-order valence-electron chi connectivity index (χ3n) is 3.56. The number of hydrogen-bond acceptors (Lipinski definition) is 6. The van der Waals surface area contributed by atoms with E-state index in [1.807, 2.05) is 27.7 Å². The Bertz CT molecular complexity index is 563. The molecule has 0 amide bonds. The molecule has 1 atom stereocenters. The zero-order chi connectivity index (χ0) is 19.0. The van der Waals surface area contributed by atoms with Gasteiger partial charge in [0.05, 0.1) is 14.2 Å². The van der Waals surface area contributed by atoms with Crippen LogP contribution in [0.3, 0.4) is 0 Å². The lowest BCUT2D eigenvalue weighted by atomic mass is 9.99. The maximum Gasteiger partial charge on any atom is 0.170 e. The van der Waals surface area contributed by atoms with Crippen LogP contribution in [0.4, 0.5) is 0 Å². The van der Waals surface area contributed by atoms with Gasteiger partial charge < -0.3 is 24.6 Å². The highest BCUT2D eigenvalue weighted by molar-refractivity contribution is 6.01. The van der Waals surface area contributed by atoms with Gasteiger partial charge in [0.15, 0.2) is 5.78 Å². The van der Waals surface area contributed by atoms with E-state index in [0.29, 0.717) is 35.8 Å². The predicted octanol–water partition coefficient (Wildman–Crippen LogP) is 3.09. The van der Waals surface area contributed by atoms with Crippen LogP contribution >= 0.6 is 12.4 Å². The Morgan fingerprint density at radius 2 is 1.73 bits per heavy atom.